The quantitative estimate of drug-likeness (QED) is 0.881. The van der Waals surface area contributed by atoms with Gasteiger partial charge in [0.15, 0.2) is 0 Å². The van der Waals surface area contributed by atoms with Crippen LogP contribution in [0.3, 0.4) is 0 Å². The third kappa shape index (κ3) is 3.54. The van der Waals surface area contributed by atoms with Crippen LogP contribution in [0.1, 0.15) is 40.7 Å². The van der Waals surface area contributed by atoms with Crippen molar-refractivity contribution in [1.82, 2.24) is 10.2 Å². The van der Waals surface area contributed by atoms with Gasteiger partial charge in [0.25, 0.3) is 5.91 Å². The zero-order valence-corrected chi connectivity index (χ0v) is 15.6. The van der Waals surface area contributed by atoms with Crippen LogP contribution in [0.4, 0.5) is 5.69 Å². The van der Waals surface area contributed by atoms with Gasteiger partial charge in [-0.3, -0.25) is 9.59 Å². The van der Waals surface area contributed by atoms with E-state index in [-0.39, 0.29) is 11.8 Å². The summed E-state index contributed by atoms with van der Waals surface area (Å²) in [5, 5.41) is 6.70. The van der Waals surface area contributed by atoms with Crippen LogP contribution in [-0.4, -0.2) is 35.5 Å². The Morgan fingerprint density at radius 2 is 1.78 bits per heavy atom. The van der Waals surface area contributed by atoms with Gasteiger partial charge in [0.05, 0.1) is 11.3 Å². The average Bonchev–Trinajstić information content (AvgIpc) is 2.68. The van der Waals surface area contributed by atoms with Gasteiger partial charge in [-0.25, -0.2) is 0 Å². The number of carbonyl (C=O) groups excluding carboxylic acids is 2. The standard InChI is InChI=1S/C22H25N3O2/c1-16-6-5-9-18-20(16)23-22(24-21(18)27)12-14-25(15-13-22)19(26)11-10-17-7-3-2-4-8-17/h2-9,23H,10-15H2,1H3,(H,24,27). The molecule has 2 aromatic rings. The van der Waals surface area contributed by atoms with Crippen molar-refractivity contribution in [3.05, 3.63) is 65.2 Å². The second kappa shape index (κ2) is 7.06. The zero-order valence-electron chi connectivity index (χ0n) is 15.6. The molecule has 1 fully saturated rings. The summed E-state index contributed by atoms with van der Waals surface area (Å²) in [5.74, 6) is 0.156. The number of likely N-dealkylation sites (tertiary alicyclic amines) is 1. The van der Waals surface area contributed by atoms with Gasteiger partial charge in [-0.15, -0.1) is 0 Å². The molecule has 2 aliphatic rings. The molecule has 0 atom stereocenters. The maximum Gasteiger partial charge on any atom is 0.255 e. The molecule has 140 valence electrons. The van der Waals surface area contributed by atoms with Gasteiger partial charge in [-0.2, -0.15) is 0 Å². The highest BCUT2D eigenvalue weighted by atomic mass is 16.2. The first-order chi connectivity index (χ1) is 13.1. The Kier molecular flexibility index (Phi) is 4.60. The second-order valence-electron chi connectivity index (χ2n) is 7.53. The molecular formula is C22H25N3O2. The number of amides is 2. The van der Waals surface area contributed by atoms with E-state index in [2.05, 4.69) is 22.8 Å². The Morgan fingerprint density at radius 3 is 2.52 bits per heavy atom. The fraction of sp³-hybridized carbons (Fsp3) is 0.364. The minimum absolute atomic E-state index is 0.0312. The molecular weight excluding hydrogens is 338 g/mol. The summed E-state index contributed by atoms with van der Waals surface area (Å²) in [7, 11) is 0. The monoisotopic (exact) mass is 363 g/mol. The van der Waals surface area contributed by atoms with Crippen LogP contribution in [-0.2, 0) is 11.2 Å². The van der Waals surface area contributed by atoms with E-state index in [0.717, 1.165) is 17.7 Å². The molecule has 0 aromatic heterocycles. The summed E-state index contributed by atoms with van der Waals surface area (Å²) in [6.07, 6.45) is 2.72. The van der Waals surface area contributed by atoms with Gasteiger partial charge in [-0.1, -0.05) is 42.5 Å². The number of anilines is 1. The SMILES string of the molecule is Cc1cccc2c1NC1(CCN(C(=O)CCc3ccccc3)CC1)NC2=O. The highest BCUT2D eigenvalue weighted by molar-refractivity contribution is 6.02. The predicted octanol–water partition coefficient (Wildman–Crippen LogP) is 3.10. The summed E-state index contributed by atoms with van der Waals surface area (Å²) >= 11 is 0. The van der Waals surface area contributed by atoms with Gasteiger partial charge < -0.3 is 15.5 Å². The number of fused-ring (bicyclic) bond motifs is 1. The van der Waals surface area contributed by atoms with E-state index >= 15 is 0 Å². The fourth-order valence-corrected chi connectivity index (χ4v) is 4.02. The predicted molar refractivity (Wildman–Crippen MR) is 106 cm³/mol. The van der Waals surface area contributed by atoms with Crippen LogP contribution in [0, 0.1) is 6.92 Å². The molecule has 2 N–H and O–H groups in total. The summed E-state index contributed by atoms with van der Waals surface area (Å²) in [5.41, 5.74) is 3.43. The number of hydrogen-bond acceptors (Lipinski definition) is 3. The second-order valence-corrected chi connectivity index (χ2v) is 7.53. The van der Waals surface area contributed by atoms with Crippen molar-refractivity contribution >= 4 is 17.5 Å². The molecule has 2 heterocycles. The number of rotatable bonds is 3. The molecule has 0 aliphatic carbocycles. The highest BCUT2D eigenvalue weighted by Crippen LogP contribution is 2.33. The summed E-state index contributed by atoms with van der Waals surface area (Å²) in [4.78, 5) is 27.1. The zero-order chi connectivity index (χ0) is 18.9. The molecule has 1 spiro atoms. The van der Waals surface area contributed by atoms with E-state index < -0.39 is 5.66 Å². The van der Waals surface area contributed by atoms with Gasteiger partial charge in [0.1, 0.15) is 5.66 Å². The van der Waals surface area contributed by atoms with Crippen molar-refractivity contribution < 1.29 is 9.59 Å². The Bertz CT molecular complexity index is 855. The normalized spacial score (nSPS) is 17.8. The maximum atomic E-state index is 12.6. The lowest BCUT2D eigenvalue weighted by molar-refractivity contribution is -0.132. The molecule has 0 unspecified atom stereocenters. The van der Waals surface area contributed by atoms with Crippen LogP contribution in [0.5, 0.6) is 0 Å². The molecule has 0 saturated carbocycles. The van der Waals surface area contributed by atoms with Gasteiger partial charge >= 0.3 is 0 Å². The van der Waals surface area contributed by atoms with Crippen molar-refractivity contribution in [3.8, 4) is 0 Å². The molecule has 2 amide bonds. The topological polar surface area (TPSA) is 61.4 Å². The number of nitrogens with zero attached hydrogens (tertiary/aromatic N) is 1. The van der Waals surface area contributed by atoms with E-state index in [1.165, 1.54) is 5.56 Å². The number of carbonyl (C=O) groups is 2. The first-order valence-electron chi connectivity index (χ1n) is 9.58. The van der Waals surface area contributed by atoms with E-state index in [1.54, 1.807) is 0 Å². The number of piperidine rings is 1. The molecule has 27 heavy (non-hydrogen) atoms. The van der Waals surface area contributed by atoms with Crippen LogP contribution in [0.15, 0.2) is 48.5 Å². The smallest absolute Gasteiger partial charge is 0.255 e. The number of benzene rings is 2. The molecule has 5 heteroatoms. The van der Waals surface area contributed by atoms with Crippen LogP contribution >= 0.6 is 0 Å². The van der Waals surface area contributed by atoms with Gasteiger partial charge in [0, 0.05) is 32.4 Å². The third-order valence-electron chi connectivity index (χ3n) is 5.67. The van der Waals surface area contributed by atoms with Crippen molar-refractivity contribution in [2.45, 2.75) is 38.3 Å². The third-order valence-corrected chi connectivity index (χ3v) is 5.67. The Morgan fingerprint density at radius 1 is 1.04 bits per heavy atom. The molecule has 0 bridgehead atoms. The molecule has 4 rings (SSSR count). The van der Waals surface area contributed by atoms with Crippen LogP contribution < -0.4 is 10.6 Å². The van der Waals surface area contributed by atoms with Crippen molar-refractivity contribution in [2.75, 3.05) is 18.4 Å². The Labute approximate surface area is 159 Å². The lowest BCUT2D eigenvalue weighted by Gasteiger charge is -2.46. The highest BCUT2D eigenvalue weighted by Gasteiger charge is 2.41. The van der Waals surface area contributed by atoms with Gasteiger partial charge in [-0.05, 0) is 30.5 Å². The lowest BCUT2D eigenvalue weighted by Crippen LogP contribution is -2.62. The number of para-hydroxylation sites is 1. The number of hydrogen-bond donors (Lipinski definition) is 2. The van der Waals surface area contributed by atoms with E-state index in [9.17, 15) is 9.59 Å². The van der Waals surface area contributed by atoms with Crippen molar-refractivity contribution in [3.63, 3.8) is 0 Å². The summed E-state index contributed by atoms with van der Waals surface area (Å²) in [6, 6.07) is 15.9. The van der Waals surface area contributed by atoms with E-state index in [4.69, 9.17) is 0 Å². The van der Waals surface area contributed by atoms with Gasteiger partial charge in [0.2, 0.25) is 5.91 Å². The first-order valence-corrected chi connectivity index (χ1v) is 9.58. The minimum atomic E-state index is -0.452. The Balaban J connectivity index is 1.38. The van der Waals surface area contributed by atoms with Crippen molar-refractivity contribution in [2.24, 2.45) is 0 Å². The largest absolute Gasteiger partial charge is 0.362 e. The minimum Gasteiger partial charge on any atom is -0.362 e. The van der Waals surface area contributed by atoms with E-state index in [1.807, 2.05) is 48.2 Å². The molecule has 1 saturated heterocycles. The Hall–Kier alpha value is -2.82. The molecule has 2 aliphatic heterocycles. The van der Waals surface area contributed by atoms with Crippen LogP contribution in [0.2, 0.25) is 0 Å². The average molecular weight is 363 g/mol. The number of aryl methyl sites for hydroxylation is 2. The summed E-state index contributed by atoms with van der Waals surface area (Å²) in [6.45, 7) is 3.32. The van der Waals surface area contributed by atoms with Crippen LogP contribution in [0.25, 0.3) is 0 Å². The number of nitrogens with one attached hydrogen (secondary N) is 2. The maximum absolute atomic E-state index is 12.6. The fourth-order valence-electron chi connectivity index (χ4n) is 4.02. The lowest BCUT2D eigenvalue weighted by atomic mass is 9.91. The first kappa shape index (κ1) is 17.6. The van der Waals surface area contributed by atoms with Crippen molar-refractivity contribution in [1.29, 1.82) is 0 Å². The molecule has 2 aromatic carbocycles. The molecule has 5 nitrogen and oxygen atoms in total. The van der Waals surface area contributed by atoms with E-state index in [0.29, 0.717) is 37.9 Å². The summed E-state index contributed by atoms with van der Waals surface area (Å²) < 4.78 is 0. The molecule has 0 radical (unpaired) electrons.